The molecule has 0 spiro atoms. The maximum absolute atomic E-state index is 12.1. The van der Waals surface area contributed by atoms with E-state index in [0.29, 0.717) is 12.1 Å². The van der Waals surface area contributed by atoms with Crippen molar-refractivity contribution in [1.82, 2.24) is 4.72 Å². The van der Waals surface area contributed by atoms with E-state index in [0.717, 1.165) is 30.6 Å². The molecule has 0 bridgehead atoms. The van der Waals surface area contributed by atoms with Crippen LogP contribution in [0.5, 0.6) is 0 Å². The molecule has 0 radical (unpaired) electrons. The van der Waals surface area contributed by atoms with Gasteiger partial charge in [0.05, 0.1) is 11.5 Å². The van der Waals surface area contributed by atoms with Crippen LogP contribution >= 0.6 is 11.8 Å². The molecule has 20 heavy (non-hydrogen) atoms. The standard InChI is InChI=1S/C14H23NO3S2/c1-12-6-7-14(10-13(12)11-16)20(17,18)15-8-4-3-5-9-19-2/h6-7,10,15-16H,3-5,8-9,11H2,1-2H3. The topological polar surface area (TPSA) is 66.4 Å². The highest BCUT2D eigenvalue weighted by Gasteiger charge is 2.14. The lowest BCUT2D eigenvalue weighted by atomic mass is 10.1. The van der Waals surface area contributed by atoms with Crippen molar-refractivity contribution in [2.24, 2.45) is 0 Å². The quantitative estimate of drug-likeness (QED) is 0.686. The van der Waals surface area contributed by atoms with Crippen molar-refractivity contribution in [3.63, 3.8) is 0 Å². The number of hydrogen-bond acceptors (Lipinski definition) is 4. The zero-order valence-electron chi connectivity index (χ0n) is 12.1. The molecule has 2 N–H and O–H groups in total. The molecule has 0 amide bonds. The van der Waals surface area contributed by atoms with Gasteiger partial charge in [-0.3, -0.25) is 0 Å². The van der Waals surface area contributed by atoms with Gasteiger partial charge in [-0.15, -0.1) is 0 Å². The summed E-state index contributed by atoms with van der Waals surface area (Å²) in [5.74, 6) is 1.12. The van der Waals surface area contributed by atoms with Crippen molar-refractivity contribution in [3.05, 3.63) is 29.3 Å². The fourth-order valence-corrected chi connectivity index (χ4v) is 3.44. The number of aliphatic hydroxyl groups is 1. The number of unbranched alkanes of at least 4 members (excludes halogenated alkanes) is 2. The second kappa shape index (κ2) is 8.67. The third-order valence-electron chi connectivity index (χ3n) is 3.12. The van der Waals surface area contributed by atoms with Crippen LogP contribution in [0, 0.1) is 6.92 Å². The molecule has 0 aliphatic rings. The fourth-order valence-electron chi connectivity index (χ4n) is 1.82. The van der Waals surface area contributed by atoms with Gasteiger partial charge in [-0.2, -0.15) is 11.8 Å². The minimum atomic E-state index is -3.47. The van der Waals surface area contributed by atoms with Crippen LogP contribution in [0.15, 0.2) is 23.1 Å². The van der Waals surface area contributed by atoms with Crippen LogP contribution in [-0.4, -0.2) is 32.1 Å². The van der Waals surface area contributed by atoms with Crippen molar-refractivity contribution >= 4 is 21.8 Å². The minimum Gasteiger partial charge on any atom is -0.392 e. The highest BCUT2D eigenvalue weighted by molar-refractivity contribution is 7.98. The Morgan fingerprint density at radius 2 is 2.00 bits per heavy atom. The summed E-state index contributed by atoms with van der Waals surface area (Å²) >= 11 is 1.81. The Morgan fingerprint density at radius 3 is 2.65 bits per heavy atom. The normalized spacial score (nSPS) is 11.8. The van der Waals surface area contributed by atoms with E-state index in [1.165, 1.54) is 6.07 Å². The van der Waals surface area contributed by atoms with Gasteiger partial charge in [0.15, 0.2) is 0 Å². The SMILES string of the molecule is CSCCCCCNS(=O)(=O)c1ccc(C)c(CO)c1. The van der Waals surface area contributed by atoms with E-state index in [4.69, 9.17) is 0 Å². The van der Waals surface area contributed by atoms with Crippen molar-refractivity contribution in [3.8, 4) is 0 Å². The molecule has 0 saturated carbocycles. The molecule has 1 aromatic rings. The number of rotatable bonds is 9. The molecular formula is C14H23NO3S2. The molecule has 0 unspecified atom stereocenters. The lowest BCUT2D eigenvalue weighted by Crippen LogP contribution is -2.25. The molecule has 0 saturated heterocycles. The van der Waals surface area contributed by atoms with Crippen molar-refractivity contribution in [1.29, 1.82) is 0 Å². The Kier molecular flexibility index (Phi) is 7.58. The van der Waals surface area contributed by atoms with Crippen LogP contribution < -0.4 is 4.72 Å². The number of sulfonamides is 1. The molecule has 6 heteroatoms. The number of aliphatic hydroxyl groups excluding tert-OH is 1. The number of thioether (sulfide) groups is 1. The Labute approximate surface area is 126 Å². The van der Waals surface area contributed by atoms with Crippen molar-refractivity contribution in [2.45, 2.75) is 37.7 Å². The lowest BCUT2D eigenvalue weighted by Gasteiger charge is -2.09. The van der Waals surface area contributed by atoms with Crippen LogP contribution in [-0.2, 0) is 16.6 Å². The fraction of sp³-hybridized carbons (Fsp3) is 0.571. The van der Waals surface area contributed by atoms with E-state index in [1.54, 1.807) is 23.9 Å². The molecule has 1 rings (SSSR count). The molecule has 0 atom stereocenters. The van der Waals surface area contributed by atoms with Gasteiger partial charge in [-0.05, 0) is 55.0 Å². The number of hydrogen-bond donors (Lipinski definition) is 2. The first kappa shape index (κ1) is 17.5. The second-order valence-corrected chi connectivity index (χ2v) is 7.45. The molecule has 0 aliphatic carbocycles. The van der Waals surface area contributed by atoms with Gasteiger partial charge in [0.2, 0.25) is 10.0 Å². The summed E-state index contributed by atoms with van der Waals surface area (Å²) in [5.41, 5.74) is 1.54. The lowest BCUT2D eigenvalue weighted by molar-refractivity contribution is 0.280. The molecule has 114 valence electrons. The summed E-state index contributed by atoms with van der Waals surface area (Å²) in [6.45, 7) is 2.16. The van der Waals surface area contributed by atoms with Gasteiger partial charge in [0.25, 0.3) is 0 Å². The molecule has 1 aromatic carbocycles. The summed E-state index contributed by atoms with van der Waals surface area (Å²) in [5, 5.41) is 9.19. The van der Waals surface area contributed by atoms with Gasteiger partial charge >= 0.3 is 0 Å². The van der Waals surface area contributed by atoms with E-state index < -0.39 is 10.0 Å². The molecule has 0 fully saturated rings. The van der Waals surface area contributed by atoms with Gasteiger partial charge in [0, 0.05) is 6.54 Å². The predicted octanol–water partition coefficient (Wildman–Crippen LogP) is 2.30. The molecule has 0 aromatic heterocycles. The highest BCUT2D eigenvalue weighted by atomic mass is 32.2. The van der Waals surface area contributed by atoms with Gasteiger partial charge in [0.1, 0.15) is 0 Å². The summed E-state index contributed by atoms with van der Waals surface area (Å²) < 4.78 is 26.8. The number of aryl methyl sites for hydroxylation is 1. The Bertz CT molecular complexity index is 515. The maximum atomic E-state index is 12.1. The summed E-state index contributed by atoms with van der Waals surface area (Å²) in [6.07, 6.45) is 5.05. The van der Waals surface area contributed by atoms with Crippen LogP contribution in [0.25, 0.3) is 0 Å². The van der Waals surface area contributed by atoms with E-state index in [1.807, 2.05) is 6.92 Å². The Hall–Kier alpha value is -0.560. The summed E-state index contributed by atoms with van der Waals surface area (Å²) in [7, 11) is -3.47. The van der Waals surface area contributed by atoms with Gasteiger partial charge in [-0.1, -0.05) is 12.5 Å². The largest absolute Gasteiger partial charge is 0.392 e. The van der Waals surface area contributed by atoms with Crippen LogP contribution in [0.4, 0.5) is 0 Å². The van der Waals surface area contributed by atoms with Crippen LogP contribution in [0.3, 0.4) is 0 Å². The summed E-state index contributed by atoms with van der Waals surface area (Å²) in [4.78, 5) is 0.219. The maximum Gasteiger partial charge on any atom is 0.240 e. The van der Waals surface area contributed by atoms with E-state index in [-0.39, 0.29) is 11.5 Å². The zero-order valence-corrected chi connectivity index (χ0v) is 13.7. The van der Waals surface area contributed by atoms with Crippen molar-refractivity contribution in [2.75, 3.05) is 18.6 Å². The molecular weight excluding hydrogens is 294 g/mol. The van der Waals surface area contributed by atoms with E-state index in [2.05, 4.69) is 11.0 Å². The third kappa shape index (κ3) is 5.44. The Morgan fingerprint density at radius 1 is 1.25 bits per heavy atom. The average molecular weight is 317 g/mol. The smallest absolute Gasteiger partial charge is 0.240 e. The Balaban J connectivity index is 2.56. The summed E-state index contributed by atoms with van der Waals surface area (Å²) in [6, 6.07) is 4.83. The highest BCUT2D eigenvalue weighted by Crippen LogP contribution is 2.15. The molecule has 0 aliphatic heterocycles. The van der Waals surface area contributed by atoms with E-state index >= 15 is 0 Å². The molecule has 0 heterocycles. The number of nitrogens with one attached hydrogen (secondary N) is 1. The molecule has 4 nitrogen and oxygen atoms in total. The van der Waals surface area contributed by atoms with Gasteiger partial charge < -0.3 is 5.11 Å². The first-order valence-electron chi connectivity index (χ1n) is 6.70. The van der Waals surface area contributed by atoms with Gasteiger partial charge in [-0.25, -0.2) is 13.1 Å². The van der Waals surface area contributed by atoms with Crippen LogP contribution in [0.1, 0.15) is 30.4 Å². The number of benzene rings is 1. The average Bonchev–Trinajstić information content (AvgIpc) is 2.43. The third-order valence-corrected chi connectivity index (χ3v) is 5.27. The zero-order chi connectivity index (χ0) is 15.0. The first-order chi connectivity index (χ1) is 9.51. The monoisotopic (exact) mass is 317 g/mol. The van der Waals surface area contributed by atoms with E-state index in [9.17, 15) is 13.5 Å². The predicted molar refractivity (Wildman–Crippen MR) is 84.5 cm³/mol. The second-order valence-electron chi connectivity index (χ2n) is 4.70. The van der Waals surface area contributed by atoms with Crippen molar-refractivity contribution < 1.29 is 13.5 Å². The van der Waals surface area contributed by atoms with Crippen LogP contribution in [0.2, 0.25) is 0 Å². The first-order valence-corrected chi connectivity index (χ1v) is 9.58. The minimum absolute atomic E-state index is 0.149.